The summed E-state index contributed by atoms with van der Waals surface area (Å²) < 4.78 is 0. The van der Waals surface area contributed by atoms with Gasteiger partial charge >= 0.3 is 0 Å². The standard InChI is InChI=1S/C15H16Cl2N2O2/c16-10-5-11(17)7-12(6-10)18-15(21)9-4-14(20)19(8-9)13-2-1-3-13/h5-7,9,13H,1-4,8H2,(H,18,21). The molecule has 1 saturated carbocycles. The van der Waals surface area contributed by atoms with Gasteiger partial charge in [-0.25, -0.2) is 0 Å². The third kappa shape index (κ3) is 3.16. The molecule has 1 atom stereocenters. The smallest absolute Gasteiger partial charge is 0.229 e. The molecule has 1 saturated heterocycles. The summed E-state index contributed by atoms with van der Waals surface area (Å²) >= 11 is 11.8. The van der Waals surface area contributed by atoms with Crippen LogP contribution in [0.1, 0.15) is 25.7 Å². The van der Waals surface area contributed by atoms with Crippen LogP contribution in [0.2, 0.25) is 10.0 Å². The Kier molecular flexibility index (Phi) is 4.09. The molecule has 1 aliphatic heterocycles. The molecule has 2 fully saturated rings. The molecule has 1 unspecified atom stereocenters. The first-order chi connectivity index (χ1) is 10.0. The number of carbonyl (C=O) groups excluding carboxylic acids is 2. The van der Waals surface area contributed by atoms with Gasteiger partial charge in [0, 0.05) is 34.7 Å². The first kappa shape index (κ1) is 14.7. The van der Waals surface area contributed by atoms with Crippen LogP contribution in [-0.2, 0) is 9.59 Å². The van der Waals surface area contributed by atoms with Crippen molar-refractivity contribution in [2.75, 3.05) is 11.9 Å². The van der Waals surface area contributed by atoms with Crippen molar-refractivity contribution in [1.82, 2.24) is 4.90 Å². The predicted octanol–water partition coefficient (Wildman–Crippen LogP) is 3.33. The topological polar surface area (TPSA) is 49.4 Å². The van der Waals surface area contributed by atoms with E-state index in [-0.39, 0.29) is 24.2 Å². The van der Waals surface area contributed by atoms with E-state index in [1.165, 1.54) is 6.42 Å². The molecule has 112 valence electrons. The van der Waals surface area contributed by atoms with E-state index in [0.29, 0.717) is 28.3 Å². The van der Waals surface area contributed by atoms with Crippen LogP contribution in [0.3, 0.4) is 0 Å². The lowest BCUT2D eigenvalue weighted by atomic mass is 9.92. The quantitative estimate of drug-likeness (QED) is 0.926. The Morgan fingerprint density at radius 2 is 1.86 bits per heavy atom. The van der Waals surface area contributed by atoms with Crippen LogP contribution in [0, 0.1) is 5.92 Å². The molecule has 0 spiro atoms. The minimum Gasteiger partial charge on any atom is -0.339 e. The summed E-state index contributed by atoms with van der Waals surface area (Å²) in [5, 5.41) is 3.73. The van der Waals surface area contributed by atoms with Gasteiger partial charge in [-0.3, -0.25) is 9.59 Å². The van der Waals surface area contributed by atoms with Crippen molar-refractivity contribution in [2.24, 2.45) is 5.92 Å². The third-order valence-electron chi connectivity index (χ3n) is 4.17. The molecule has 0 bridgehead atoms. The molecule has 1 aromatic carbocycles. The van der Waals surface area contributed by atoms with Crippen molar-refractivity contribution >= 4 is 40.7 Å². The normalized spacial score (nSPS) is 22.3. The molecular formula is C15H16Cl2N2O2. The van der Waals surface area contributed by atoms with E-state index in [1.807, 2.05) is 4.90 Å². The van der Waals surface area contributed by atoms with E-state index in [0.717, 1.165) is 12.8 Å². The monoisotopic (exact) mass is 326 g/mol. The largest absolute Gasteiger partial charge is 0.339 e. The summed E-state index contributed by atoms with van der Waals surface area (Å²) in [7, 11) is 0. The summed E-state index contributed by atoms with van der Waals surface area (Å²) in [6.45, 7) is 0.517. The zero-order chi connectivity index (χ0) is 15.0. The Morgan fingerprint density at radius 1 is 1.19 bits per heavy atom. The highest BCUT2D eigenvalue weighted by Crippen LogP contribution is 2.31. The second-order valence-corrected chi connectivity index (χ2v) is 6.55. The van der Waals surface area contributed by atoms with E-state index >= 15 is 0 Å². The fourth-order valence-electron chi connectivity index (χ4n) is 2.83. The number of nitrogens with one attached hydrogen (secondary N) is 1. The summed E-state index contributed by atoms with van der Waals surface area (Å²) in [6.07, 6.45) is 3.58. The first-order valence-corrected chi connectivity index (χ1v) is 7.85. The molecule has 21 heavy (non-hydrogen) atoms. The molecule has 1 aliphatic carbocycles. The van der Waals surface area contributed by atoms with Gasteiger partial charge in [0.2, 0.25) is 11.8 Å². The summed E-state index contributed by atoms with van der Waals surface area (Å²) in [4.78, 5) is 26.1. The van der Waals surface area contributed by atoms with Crippen LogP contribution >= 0.6 is 23.2 Å². The fourth-order valence-corrected chi connectivity index (χ4v) is 3.35. The number of carbonyl (C=O) groups is 2. The van der Waals surface area contributed by atoms with Crippen LogP contribution < -0.4 is 5.32 Å². The molecule has 4 nitrogen and oxygen atoms in total. The number of anilines is 1. The number of benzene rings is 1. The Hall–Kier alpha value is -1.26. The molecule has 6 heteroatoms. The molecule has 2 aliphatic rings. The lowest BCUT2D eigenvalue weighted by molar-refractivity contribution is -0.131. The summed E-state index contributed by atoms with van der Waals surface area (Å²) in [5.41, 5.74) is 0.562. The highest BCUT2D eigenvalue weighted by Gasteiger charge is 2.39. The average molecular weight is 327 g/mol. The molecule has 3 rings (SSSR count). The number of hydrogen-bond acceptors (Lipinski definition) is 2. The Balaban J connectivity index is 1.64. The molecule has 2 amide bonds. The van der Waals surface area contributed by atoms with E-state index in [2.05, 4.69) is 5.32 Å². The highest BCUT2D eigenvalue weighted by atomic mass is 35.5. The zero-order valence-corrected chi connectivity index (χ0v) is 13.0. The van der Waals surface area contributed by atoms with Gasteiger partial charge in [0.05, 0.1) is 5.92 Å². The number of halogens is 2. The van der Waals surface area contributed by atoms with Gasteiger partial charge in [-0.05, 0) is 37.5 Å². The Bertz CT molecular complexity index is 567. The van der Waals surface area contributed by atoms with Crippen LogP contribution in [0.5, 0.6) is 0 Å². The van der Waals surface area contributed by atoms with Crippen LogP contribution in [0.25, 0.3) is 0 Å². The van der Waals surface area contributed by atoms with E-state index in [1.54, 1.807) is 18.2 Å². The molecule has 1 N–H and O–H groups in total. The second kappa shape index (κ2) is 5.85. The van der Waals surface area contributed by atoms with Crippen molar-refractivity contribution < 1.29 is 9.59 Å². The second-order valence-electron chi connectivity index (χ2n) is 5.68. The maximum Gasteiger partial charge on any atom is 0.229 e. The Labute approximate surface area is 133 Å². The van der Waals surface area contributed by atoms with Gasteiger partial charge in [-0.1, -0.05) is 23.2 Å². The van der Waals surface area contributed by atoms with E-state index < -0.39 is 0 Å². The van der Waals surface area contributed by atoms with E-state index in [9.17, 15) is 9.59 Å². The first-order valence-electron chi connectivity index (χ1n) is 7.09. The van der Waals surface area contributed by atoms with Gasteiger partial charge < -0.3 is 10.2 Å². The fraction of sp³-hybridized carbons (Fsp3) is 0.467. The van der Waals surface area contributed by atoms with Gasteiger partial charge in [-0.15, -0.1) is 0 Å². The lowest BCUT2D eigenvalue weighted by Gasteiger charge is -2.34. The van der Waals surface area contributed by atoms with Crippen LogP contribution in [0.15, 0.2) is 18.2 Å². The number of likely N-dealkylation sites (tertiary alicyclic amines) is 1. The van der Waals surface area contributed by atoms with Crippen molar-refractivity contribution in [3.63, 3.8) is 0 Å². The van der Waals surface area contributed by atoms with Crippen LogP contribution in [-0.4, -0.2) is 29.3 Å². The molecular weight excluding hydrogens is 311 g/mol. The third-order valence-corrected chi connectivity index (χ3v) is 4.61. The van der Waals surface area contributed by atoms with E-state index in [4.69, 9.17) is 23.2 Å². The number of rotatable bonds is 3. The molecule has 0 radical (unpaired) electrons. The minimum atomic E-state index is -0.296. The number of hydrogen-bond donors (Lipinski definition) is 1. The molecule has 1 heterocycles. The number of amides is 2. The number of nitrogens with zero attached hydrogens (tertiary/aromatic N) is 1. The zero-order valence-electron chi connectivity index (χ0n) is 11.4. The van der Waals surface area contributed by atoms with Crippen molar-refractivity contribution in [1.29, 1.82) is 0 Å². The van der Waals surface area contributed by atoms with Gasteiger partial charge in [0.15, 0.2) is 0 Å². The maximum atomic E-state index is 12.3. The predicted molar refractivity (Wildman–Crippen MR) is 82.6 cm³/mol. The average Bonchev–Trinajstić information content (AvgIpc) is 2.68. The van der Waals surface area contributed by atoms with Gasteiger partial charge in [0.25, 0.3) is 0 Å². The summed E-state index contributed by atoms with van der Waals surface area (Å²) in [6, 6.07) is 5.24. The van der Waals surface area contributed by atoms with Gasteiger partial charge in [0.1, 0.15) is 0 Å². The van der Waals surface area contributed by atoms with Crippen LogP contribution in [0.4, 0.5) is 5.69 Å². The Morgan fingerprint density at radius 3 is 2.43 bits per heavy atom. The van der Waals surface area contributed by atoms with Gasteiger partial charge in [-0.2, -0.15) is 0 Å². The molecule has 1 aromatic rings. The van der Waals surface area contributed by atoms with Crippen molar-refractivity contribution in [2.45, 2.75) is 31.7 Å². The van der Waals surface area contributed by atoms with Crippen molar-refractivity contribution in [3.8, 4) is 0 Å². The minimum absolute atomic E-state index is 0.0870. The summed E-state index contributed by atoms with van der Waals surface area (Å²) in [5.74, 6) is -0.358. The molecule has 0 aromatic heterocycles. The highest BCUT2D eigenvalue weighted by molar-refractivity contribution is 6.35. The van der Waals surface area contributed by atoms with Crippen molar-refractivity contribution in [3.05, 3.63) is 28.2 Å². The lowest BCUT2D eigenvalue weighted by Crippen LogP contribution is -2.41. The maximum absolute atomic E-state index is 12.3. The SMILES string of the molecule is O=C(Nc1cc(Cl)cc(Cl)c1)C1CC(=O)N(C2CCC2)C1.